The third-order valence-electron chi connectivity index (χ3n) is 3.76. The molecule has 3 rings (SSSR count). The summed E-state index contributed by atoms with van der Waals surface area (Å²) in [5.41, 5.74) is 1.85. The first-order chi connectivity index (χ1) is 11.0. The van der Waals surface area contributed by atoms with Crippen molar-refractivity contribution in [2.75, 3.05) is 0 Å². The summed E-state index contributed by atoms with van der Waals surface area (Å²) in [6.45, 7) is 1.89. The van der Waals surface area contributed by atoms with Gasteiger partial charge in [0.25, 0.3) is 0 Å². The first-order valence-electron chi connectivity index (χ1n) is 6.95. The Morgan fingerprint density at radius 2 is 1.83 bits per heavy atom. The first-order valence-corrected chi connectivity index (χ1v) is 17.9. The van der Waals surface area contributed by atoms with Gasteiger partial charge in [-0.05, 0) is 0 Å². The Hall–Kier alpha value is -1.17. The second-order valence-corrected chi connectivity index (χ2v) is 13.4. The van der Waals surface area contributed by atoms with E-state index in [2.05, 4.69) is 0 Å². The van der Waals surface area contributed by atoms with Crippen LogP contribution >= 0.6 is 8.25 Å². The molecule has 0 atom stereocenters. The molecule has 0 amide bonds. The Bertz CT molecular complexity index is 994. The number of nitrogens with zero attached hydrogens (tertiary/aromatic N) is 1. The van der Waals surface area contributed by atoms with Gasteiger partial charge < -0.3 is 0 Å². The molecule has 0 aliphatic heterocycles. The monoisotopic (exact) mass is 535 g/mol. The van der Waals surface area contributed by atoms with E-state index in [9.17, 15) is 13.2 Å². The summed E-state index contributed by atoms with van der Waals surface area (Å²) >= 11 is -1.81. The fourth-order valence-corrected chi connectivity index (χ4v) is 8.80. The summed E-state index contributed by atoms with van der Waals surface area (Å²) in [6.07, 6.45) is 2.07. The van der Waals surface area contributed by atoms with Crippen LogP contribution in [0, 0.1) is 6.92 Å². The average molecular weight is 534 g/mol. The van der Waals surface area contributed by atoms with Crippen LogP contribution in [0.1, 0.15) is 15.9 Å². The minimum absolute atomic E-state index is 0.193. The number of fused-ring (bicyclic) bond motifs is 1. The molecule has 0 radical (unpaired) electrons. The third-order valence-corrected chi connectivity index (χ3v) is 11.4. The number of aldehydes is 1. The van der Waals surface area contributed by atoms with Gasteiger partial charge >= 0.3 is 151 Å². The number of hydrogen-bond donors (Lipinski definition) is 0. The Morgan fingerprint density at radius 3 is 2.43 bits per heavy atom. The van der Waals surface area contributed by atoms with Gasteiger partial charge in [-0.2, -0.15) is 0 Å². The fourth-order valence-electron chi connectivity index (χ4n) is 2.59. The van der Waals surface area contributed by atoms with Crippen LogP contribution in [-0.2, 0) is 33.4 Å². The summed E-state index contributed by atoms with van der Waals surface area (Å²) in [7, 11) is 2.38. The molecule has 0 aliphatic rings. The molecule has 0 aliphatic carbocycles. The Kier molecular flexibility index (Phi) is 4.62. The van der Waals surface area contributed by atoms with E-state index in [4.69, 9.17) is 8.25 Å². The van der Waals surface area contributed by atoms with Gasteiger partial charge in [0.2, 0.25) is 0 Å². The zero-order chi connectivity index (χ0) is 16.6. The molecular formula is C16H12ClHgNO3S. The zero-order valence-corrected chi connectivity index (χ0v) is 19.4. The zero-order valence-electron chi connectivity index (χ0n) is 12.4. The molecule has 1 aromatic heterocycles. The summed E-state index contributed by atoms with van der Waals surface area (Å²) in [5, 5.41) is 0.676. The van der Waals surface area contributed by atoms with Crippen molar-refractivity contribution in [2.24, 2.45) is 0 Å². The average Bonchev–Trinajstić information content (AvgIpc) is 2.95. The number of carbonyl (C=O) groups is 1. The predicted octanol–water partition coefficient (Wildman–Crippen LogP) is 2.86. The number of rotatable bonds is 4. The van der Waals surface area contributed by atoms with E-state index in [0.717, 1.165) is 8.64 Å². The van der Waals surface area contributed by atoms with Crippen molar-refractivity contribution in [1.29, 1.82) is 0 Å². The second-order valence-electron chi connectivity index (χ2n) is 5.26. The van der Waals surface area contributed by atoms with Crippen molar-refractivity contribution in [3.05, 3.63) is 59.8 Å². The van der Waals surface area contributed by atoms with Gasteiger partial charge in [0.05, 0.1) is 0 Å². The topological polar surface area (TPSA) is 56.1 Å². The molecule has 114 valence electrons. The van der Waals surface area contributed by atoms with Crippen LogP contribution in [0.2, 0.25) is 0 Å². The van der Waals surface area contributed by atoms with Crippen molar-refractivity contribution in [3.63, 3.8) is 0 Å². The number of aryl methyl sites for hydroxylation is 1. The number of aromatic nitrogens is 1. The van der Waals surface area contributed by atoms with Crippen molar-refractivity contribution in [2.45, 2.75) is 11.8 Å². The van der Waals surface area contributed by atoms with E-state index in [1.54, 1.807) is 36.4 Å². The van der Waals surface area contributed by atoms with Crippen LogP contribution in [0.15, 0.2) is 53.6 Å². The molecule has 0 N–H and O–H groups in total. The van der Waals surface area contributed by atoms with Crippen molar-refractivity contribution in [1.82, 2.24) is 3.97 Å². The van der Waals surface area contributed by atoms with Crippen LogP contribution < -0.4 is 3.07 Å². The molecule has 0 bridgehead atoms. The van der Waals surface area contributed by atoms with Gasteiger partial charge in [-0.3, -0.25) is 0 Å². The van der Waals surface area contributed by atoms with Crippen LogP contribution in [-0.4, -0.2) is 18.7 Å². The fraction of sp³-hybridized carbons (Fsp3) is 0.0625. The van der Waals surface area contributed by atoms with Gasteiger partial charge in [0, 0.05) is 0 Å². The van der Waals surface area contributed by atoms with Crippen LogP contribution in [0.5, 0.6) is 0 Å². The van der Waals surface area contributed by atoms with Gasteiger partial charge in [0.1, 0.15) is 0 Å². The van der Waals surface area contributed by atoms with E-state index in [0.29, 0.717) is 22.8 Å². The molecule has 4 nitrogen and oxygen atoms in total. The second kappa shape index (κ2) is 6.38. The molecular weight excluding hydrogens is 522 g/mol. The van der Waals surface area contributed by atoms with E-state index in [1.165, 1.54) is 10.2 Å². The summed E-state index contributed by atoms with van der Waals surface area (Å²) < 4.78 is 28.0. The normalized spacial score (nSPS) is 11.4. The number of carbonyl (C=O) groups excluding carboxylic acids is 1. The summed E-state index contributed by atoms with van der Waals surface area (Å²) in [5.74, 6) is 0. The minimum atomic E-state index is -3.76. The standard InChI is InChI=1S/C16H12NO3S.ClH.Hg/c1-12-6-8-14(9-7-12)21(19,20)17-10-13(11-18)15-4-2-3-5-16(15)17;;/h2-3,5-11H,1H3;1H;/q;;+1/p-1. The van der Waals surface area contributed by atoms with Gasteiger partial charge in [-0.1, -0.05) is 0 Å². The molecule has 0 fully saturated rings. The first kappa shape index (κ1) is 16.7. The van der Waals surface area contributed by atoms with E-state index in [-0.39, 0.29) is 4.90 Å². The van der Waals surface area contributed by atoms with Crippen molar-refractivity contribution >= 4 is 38.5 Å². The maximum absolute atomic E-state index is 12.9. The number of hydrogen-bond acceptors (Lipinski definition) is 3. The molecule has 0 unspecified atom stereocenters. The Morgan fingerprint density at radius 1 is 1.13 bits per heavy atom. The van der Waals surface area contributed by atoms with E-state index < -0.39 is 33.4 Å². The molecule has 0 saturated carbocycles. The Labute approximate surface area is 150 Å². The summed E-state index contributed by atoms with van der Waals surface area (Å²) in [6, 6.07) is 12.0. The maximum atomic E-state index is 12.9. The van der Waals surface area contributed by atoms with Gasteiger partial charge in [-0.25, -0.2) is 0 Å². The van der Waals surface area contributed by atoms with Crippen LogP contribution in [0.3, 0.4) is 0 Å². The molecule has 7 heteroatoms. The molecule has 0 saturated heterocycles. The van der Waals surface area contributed by atoms with Crippen molar-refractivity contribution in [3.8, 4) is 0 Å². The summed E-state index contributed by atoms with van der Waals surface area (Å²) in [4.78, 5) is 11.6. The molecule has 3 aromatic rings. The van der Waals surface area contributed by atoms with Crippen LogP contribution in [0.4, 0.5) is 0 Å². The molecule has 2 aromatic carbocycles. The number of benzene rings is 2. The SMILES string of the molecule is Cc1ccc(S(=O)(=O)n2cc(C=O)c3[c]([Hg][Cl])cccc32)cc1. The van der Waals surface area contributed by atoms with E-state index in [1.807, 2.05) is 13.0 Å². The Balaban J connectivity index is 2.32. The number of halogens is 1. The van der Waals surface area contributed by atoms with Gasteiger partial charge in [0.15, 0.2) is 0 Å². The van der Waals surface area contributed by atoms with Crippen molar-refractivity contribution < 1.29 is 36.6 Å². The van der Waals surface area contributed by atoms with Gasteiger partial charge in [-0.15, -0.1) is 0 Å². The van der Waals surface area contributed by atoms with E-state index >= 15 is 0 Å². The quantitative estimate of drug-likeness (QED) is 0.382. The third kappa shape index (κ3) is 2.86. The molecule has 0 spiro atoms. The molecule has 1 heterocycles. The molecule has 23 heavy (non-hydrogen) atoms. The van der Waals surface area contributed by atoms with Crippen LogP contribution in [0.25, 0.3) is 10.9 Å². The predicted molar refractivity (Wildman–Crippen MR) is 86.6 cm³/mol.